The Kier molecular flexibility index (Phi) is 6.43. The number of aryl methyl sites for hydroxylation is 1. The average molecular weight is 413 g/mol. The van der Waals surface area contributed by atoms with Gasteiger partial charge in [-0.2, -0.15) is 0 Å². The molecule has 2 heterocycles. The van der Waals surface area contributed by atoms with E-state index >= 15 is 0 Å². The lowest BCUT2D eigenvalue weighted by Gasteiger charge is -2.09. The van der Waals surface area contributed by atoms with Crippen LogP contribution in [0.5, 0.6) is 0 Å². The number of hydrogen-bond donors (Lipinski definition) is 1. The number of aromatic nitrogens is 2. The summed E-state index contributed by atoms with van der Waals surface area (Å²) >= 11 is 1.29. The molecule has 3 aromatic rings. The number of ether oxygens (including phenoxy) is 2. The molecule has 0 unspecified atom stereocenters. The molecule has 1 N–H and O–H groups in total. The predicted octanol–water partition coefficient (Wildman–Crippen LogP) is 4.88. The molecule has 7 nitrogen and oxygen atoms in total. The number of nitrogens with one attached hydrogen (secondary N) is 1. The lowest BCUT2D eigenvalue weighted by Crippen LogP contribution is -2.11. The highest BCUT2D eigenvalue weighted by molar-refractivity contribution is 7.20. The number of carbonyl (C=O) groups is 2. The number of thiophene rings is 1. The van der Waals surface area contributed by atoms with Crippen LogP contribution in [0, 0.1) is 6.92 Å². The van der Waals surface area contributed by atoms with E-state index in [-0.39, 0.29) is 18.0 Å². The second kappa shape index (κ2) is 9.00. The summed E-state index contributed by atoms with van der Waals surface area (Å²) in [6, 6.07) is 6.97. The van der Waals surface area contributed by atoms with Gasteiger partial charge in [-0.1, -0.05) is 6.92 Å². The van der Waals surface area contributed by atoms with Crippen LogP contribution in [-0.4, -0.2) is 34.6 Å². The fourth-order valence-electron chi connectivity index (χ4n) is 2.73. The largest absolute Gasteiger partial charge is 0.462 e. The van der Waals surface area contributed by atoms with Gasteiger partial charge in [0, 0.05) is 5.69 Å². The van der Waals surface area contributed by atoms with Gasteiger partial charge in [-0.3, -0.25) is 0 Å². The number of hydrogen-bond acceptors (Lipinski definition) is 8. The summed E-state index contributed by atoms with van der Waals surface area (Å²) in [5, 5.41) is 4.02. The van der Waals surface area contributed by atoms with Crippen LogP contribution >= 0.6 is 11.3 Å². The Morgan fingerprint density at radius 1 is 1.14 bits per heavy atom. The maximum absolute atomic E-state index is 12.4. The number of fused-ring (bicyclic) bond motifs is 1. The highest BCUT2D eigenvalue weighted by Crippen LogP contribution is 2.35. The smallest absolute Gasteiger partial charge is 0.348 e. The van der Waals surface area contributed by atoms with Gasteiger partial charge in [0.2, 0.25) is 0 Å². The minimum Gasteiger partial charge on any atom is -0.462 e. The van der Waals surface area contributed by atoms with E-state index in [1.165, 1.54) is 17.7 Å². The van der Waals surface area contributed by atoms with Crippen molar-refractivity contribution < 1.29 is 19.1 Å². The quantitative estimate of drug-likeness (QED) is 0.552. The van der Waals surface area contributed by atoms with E-state index in [9.17, 15) is 9.59 Å². The van der Waals surface area contributed by atoms with Gasteiger partial charge in [-0.25, -0.2) is 19.6 Å². The van der Waals surface area contributed by atoms with E-state index in [2.05, 4.69) is 15.3 Å². The maximum Gasteiger partial charge on any atom is 0.348 e. The van der Waals surface area contributed by atoms with E-state index in [0.717, 1.165) is 23.1 Å². The minimum atomic E-state index is -0.360. The lowest BCUT2D eigenvalue weighted by molar-refractivity contribution is 0.0382. The lowest BCUT2D eigenvalue weighted by atomic mass is 10.2. The van der Waals surface area contributed by atoms with E-state index in [0.29, 0.717) is 27.7 Å². The number of anilines is 2. The van der Waals surface area contributed by atoms with Crippen LogP contribution in [0.4, 0.5) is 11.5 Å². The third kappa shape index (κ3) is 4.71. The van der Waals surface area contributed by atoms with Crippen molar-refractivity contribution in [1.29, 1.82) is 0 Å². The summed E-state index contributed by atoms with van der Waals surface area (Å²) in [6.07, 6.45) is 2.04. The van der Waals surface area contributed by atoms with Crippen molar-refractivity contribution >= 4 is 45.0 Å². The zero-order valence-electron chi connectivity index (χ0n) is 16.8. The first-order chi connectivity index (χ1) is 13.9. The molecule has 8 heteroatoms. The number of nitrogens with zero attached hydrogens (tertiary/aromatic N) is 2. The number of benzene rings is 1. The molecular weight excluding hydrogens is 390 g/mol. The fourth-order valence-corrected chi connectivity index (χ4v) is 3.76. The molecule has 0 aliphatic carbocycles. The molecule has 0 aliphatic rings. The van der Waals surface area contributed by atoms with Gasteiger partial charge in [0.1, 0.15) is 21.9 Å². The Hall–Kier alpha value is -3.00. The van der Waals surface area contributed by atoms with E-state index < -0.39 is 0 Å². The molecule has 0 spiro atoms. The van der Waals surface area contributed by atoms with Crippen LogP contribution in [0.2, 0.25) is 0 Å². The third-order valence-electron chi connectivity index (χ3n) is 4.08. The zero-order chi connectivity index (χ0) is 21.0. The van der Waals surface area contributed by atoms with Gasteiger partial charge >= 0.3 is 11.9 Å². The Bertz CT molecular complexity index is 1030. The second-order valence-corrected chi connectivity index (χ2v) is 7.75. The van der Waals surface area contributed by atoms with Gasteiger partial charge in [-0.05, 0) is 57.0 Å². The Balaban J connectivity index is 1.86. The Morgan fingerprint density at radius 2 is 1.86 bits per heavy atom. The molecule has 0 bridgehead atoms. The van der Waals surface area contributed by atoms with Crippen molar-refractivity contribution in [3.8, 4) is 0 Å². The van der Waals surface area contributed by atoms with Crippen molar-refractivity contribution in [3.63, 3.8) is 0 Å². The highest BCUT2D eigenvalue weighted by Gasteiger charge is 2.21. The van der Waals surface area contributed by atoms with E-state index in [4.69, 9.17) is 9.47 Å². The highest BCUT2D eigenvalue weighted by atomic mass is 32.1. The summed E-state index contributed by atoms with van der Waals surface area (Å²) in [4.78, 5) is 34.1. The molecule has 0 fully saturated rings. The first-order valence-corrected chi connectivity index (χ1v) is 10.2. The molecule has 1 aromatic carbocycles. The number of rotatable bonds is 7. The van der Waals surface area contributed by atoms with Crippen LogP contribution in [0.15, 0.2) is 30.6 Å². The zero-order valence-corrected chi connectivity index (χ0v) is 17.6. The fraction of sp³-hybridized carbons (Fsp3) is 0.333. The van der Waals surface area contributed by atoms with Crippen LogP contribution in [-0.2, 0) is 9.47 Å². The van der Waals surface area contributed by atoms with Crippen LogP contribution in [0.25, 0.3) is 10.2 Å². The summed E-state index contributed by atoms with van der Waals surface area (Å²) in [7, 11) is 0. The molecule has 0 saturated carbocycles. The summed E-state index contributed by atoms with van der Waals surface area (Å²) in [5.41, 5.74) is 2.02. The maximum atomic E-state index is 12.4. The first-order valence-electron chi connectivity index (χ1n) is 9.40. The van der Waals surface area contributed by atoms with E-state index in [1.807, 2.05) is 27.7 Å². The summed E-state index contributed by atoms with van der Waals surface area (Å²) < 4.78 is 10.5. The molecule has 3 rings (SSSR count). The number of esters is 2. The predicted molar refractivity (Wildman–Crippen MR) is 113 cm³/mol. The van der Waals surface area contributed by atoms with E-state index in [1.54, 1.807) is 24.3 Å². The van der Waals surface area contributed by atoms with Crippen molar-refractivity contribution in [2.45, 2.75) is 40.2 Å². The van der Waals surface area contributed by atoms with Gasteiger partial charge in [0.05, 0.1) is 23.7 Å². The molecule has 29 heavy (non-hydrogen) atoms. The molecule has 0 saturated heterocycles. The molecule has 0 aliphatic heterocycles. The normalized spacial score (nSPS) is 10.9. The van der Waals surface area contributed by atoms with Gasteiger partial charge in [0.25, 0.3) is 0 Å². The monoisotopic (exact) mass is 413 g/mol. The minimum absolute atomic E-state index is 0.196. The molecule has 0 radical (unpaired) electrons. The SMILES string of the molecule is CCCOC(=O)c1ccc(Nc2ncnc3sc(C(=O)OC(C)C)c(C)c23)cc1. The van der Waals surface area contributed by atoms with Crippen molar-refractivity contribution in [1.82, 2.24) is 9.97 Å². The van der Waals surface area contributed by atoms with Gasteiger partial charge in [0.15, 0.2) is 0 Å². The van der Waals surface area contributed by atoms with Gasteiger partial charge < -0.3 is 14.8 Å². The molecule has 2 aromatic heterocycles. The molecule has 0 atom stereocenters. The average Bonchev–Trinajstić information content (AvgIpc) is 3.04. The van der Waals surface area contributed by atoms with Crippen LogP contribution in [0.3, 0.4) is 0 Å². The van der Waals surface area contributed by atoms with Crippen molar-refractivity contribution in [3.05, 3.63) is 46.6 Å². The Morgan fingerprint density at radius 3 is 2.52 bits per heavy atom. The number of carbonyl (C=O) groups excluding carboxylic acids is 2. The van der Waals surface area contributed by atoms with Crippen molar-refractivity contribution in [2.75, 3.05) is 11.9 Å². The van der Waals surface area contributed by atoms with Gasteiger partial charge in [-0.15, -0.1) is 11.3 Å². The van der Waals surface area contributed by atoms with Crippen LogP contribution < -0.4 is 5.32 Å². The Labute approximate surface area is 173 Å². The second-order valence-electron chi connectivity index (χ2n) is 6.75. The first kappa shape index (κ1) is 20.7. The van der Waals surface area contributed by atoms with Crippen LogP contribution in [0.1, 0.15) is 52.8 Å². The standard InChI is InChI=1S/C21H23N3O4S/c1-5-10-27-20(25)14-6-8-15(9-7-14)24-18-16-13(4)17(21(26)28-12(2)3)29-19(16)23-11-22-18/h6-9,11-12H,5,10H2,1-4H3,(H,22,23,24). The molecule has 152 valence electrons. The van der Waals surface area contributed by atoms with Crippen molar-refractivity contribution in [2.24, 2.45) is 0 Å². The summed E-state index contributed by atoms with van der Waals surface area (Å²) in [6.45, 7) is 7.83. The summed E-state index contributed by atoms with van der Waals surface area (Å²) in [5.74, 6) is -0.111. The molecular formula is C21H23N3O4S. The third-order valence-corrected chi connectivity index (χ3v) is 5.26. The molecule has 0 amide bonds. The topological polar surface area (TPSA) is 90.4 Å².